The second-order valence-electron chi connectivity index (χ2n) is 7.92. The van der Waals surface area contributed by atoms with E-state index in [4.69, 9.17) is 32.7 Å². The Bertz CT molecular complexity index is 1290. The van der Waals surface area contributed by atoms with Crippen LogP contribution in [0, 0.1) is 5.82 Å². The van der Waals surface area contributed by atoms with Gasteiger partial charge in [-0.25, -0.2) is 19.2 Å². The number of para-hydroxylation sites is 1. The Labute approximate surface area is 223 Å². The van der Waals surface area contributed by atoms with Crippen molar-refractivity contribution < 1.29 is 23.5 Å². The molecule has 3 amide bonds. The molecule has 37 heavy (non-hydrogen) atoms. The Morgan fingerprint density at radius 1 is 1.27 bits per heavy atom. The van der Waals surface area contributed by atoms with E-state index in [2.05, 4.69) is 32.5 Å². The van der Waals surface area contributed by atoms with E-state index >= 15 is 0 Å². The van der Waals surface area contributed by atoms with Crippen LogP contribution in [0.1, 0.15) is 6.92 Å². The van der Waals surface area contributed by atoms with Crippen LogP contribution in [0.15, 0.2) is 65.8 Å². The van der Waals surface area contributed by atoms with Crippen molar-refractivity contribution in [2.45, 2.75) is 17.9 Å². The lowest BCUT2D eigenvalue weighted by molar-refractivity contribution is -0.111. The van der Waals surface area contributed by atoms with Gasteiger partial charge in [-0.15, -0.1) is 11.6 Å². The van der Waals surface area contributed by atoms with Crippen molar-refractivity contribution in [1.29, 1.82) is 0 Å². The lowest BCUT2D eigenvalue weighted by Gasteiger charge is -2.36. The summed E-state index contributed by atoms with van der Waals surface area (Å²) in [4.78, 5) is 34.3. The fraction of sp³-hybridized carbons (Fsp3) is 0.250. The van der Waals surface area contributed by atoms with Gasteiger partial charge in [0.05, 0.1) is 18.5 Å². The van der Waals surface area contributed by atoms with E-state index < -0.39 is 28.7 Å². The second-order valence-corrected chi connectivity index (χ2v) is 8.74. The van der Waals surface area contributed by atoms with Gasteiger partial charge in [0.1, 0.15) is 51.2 Å². The molecule has 0 radical (unpaired) electrons. The van der Waals surface area contributed by atoms with Gasteiger partial charge < -0.3 is 25.4 Å². The summed E-state index contributed by atoms with van der Waals surface area (Å²) in [5.74, 6) is -0.530. The minimum absolute atomic E-state index is 0.0890. The van der Waals surface area contributed by atoms with E-state index in [1.165, 1.54) is 50.7 Å². The number of aromatic nitrogens is 2. The lowest BCUT2D eigenvalue weighted by atomic mass is 9.93. The molecule has 3 rings (SSSR count). The summed E-state index contributed by atoms with van der Waals surface area (Å²) in [7, 11) is 4.39. The molecule has 2 atom stereocenters. The van der Waals surface area contributed by atoms with Crippen LogP contribution in [-0.2, 0) is 14.3 Å². The van der Waals surface area contributed by atoms with Gasteiger partial charge in [-0.05, 0) is 31.2 Å². The van der Waals surface area contributed by atoms with E-state index in [9.17, 15) is 14.0 Å². The zero-order valence-electron chi connectivity index (χ0n) is 20.4. The second kappa shape index (κ2) is 11.6. The minimum atomic E-state index is -0.998. The van der Waals surface area contributed by atoms with Gasteiger partial charge in [0.25, 0.3) is 0 Å². The van der Waals surface area contributed by atoms with Crippen LogP contribution in [0.3, 0.4) is 0 Å². The molecule has 1 heterocycles. The summed E-state index contributed by atoms with van der Waals surface area (Å²) in [6.45, 7) is 5.09. The highest BCUT2D eigenvalue weighted by molar-refractivity contribution is 6.34. The predicted octanol–water partition coefficient (Wildman–Crippen LogP) is 4.64. The van der Waals surface area contributed by atoms with Crippen LogP contribution in [0.25, 0.3) is 0 Å². The quantitative estimate of drug-likeness (QED) is 0.323. The van der Waals surface area contributed by atoms with E-state index in [0.29, 0.717) is 5.76 Å². The van der Waals surface area contributed by atoms with Gasteiger partial charge in [-0.1, -0.05) is 24.2 Å². The Morgan fingerprint density at radius 2 is 2.00 bits per heavy atom. The number of nitrogens with one attached hydrogen (secondary N) is 3. The number of hydrogen-bond donors (Lipinski definition) is 3. The van der Waals surface area contributed by atoms with Crippen LogP contribution in [-0.4, -0.2) is 54.2 Å². The smallest absolute Gasteiger partial charge is 0.327 e. The summed E-state index contributed by atoms with van der Waals surface area (Å²) >= 11 is 13.0. The van der Waals surface area contributed by atoms with E-state index in [1.54, 1.807) is 19.1 Å². The molecule has 2 unspecified atom stereocenters. The van der Waals surface area contributed by atoms with Crippen LogP contribution < -0.4 is 20.9 Å². The number of benzene rings is 1. The maximum atomic E-state index is 14.4. The average molecular weight is 551 g/mol. The Morgan fingerprint density at radius 3 is 2.65 bits per heavy atom. The molecule has 1 aliphatic carbocycles. The van der Waals surface area contributed by atoms with Gasteiger partial charge in [-0.2, -0.15) is 0 Å². The highest BCUT2D eigenvalue weighted by Gasteiger charge is 2.41. The number of carbonyl (C=O) groups is 2. The topological polar surface area (TPSA) is 118 Å². The maximum Gasteiger partial charge on any atom is 0.327 e. The number of allylic oxidation sites excluding steroid dienone is 1. The molecule has 2 aromatic rings. The highest BCUT2D eigenvalue weighted by atomic mass is 35.5. The summed E-state index contributed by atoms with van der Waals surface area (Å²) in [6.07, 6.45) is 3.87. The van der Waals surface area contributed by atoms with Crippen LogP contribution >= 0.6 is 23.2 Å². The number of nitrogens with zero attached hydrogens (tertiary/aromatic N) is 3. The lowest BCUT2D eigenvalue weighted by Crippen LogP contribution is -2.47. The first-order chi connectivity index (χ1) is 17.5. The van der Waals surface area contributed by atoms with Crippen molar-refractivity contribution in [3.8, 4) is 0 Å². The molecule has 1 aromatic heterocycles. The number of anilines is 4. The average Bonchev–Trinajstić information content (AvgIpc) is 2.90. The van der Waals surface area contributed by atoms with Crippen molar-refractivity contribution >= 4 is 58.2 Å². The summed E-state index contributed by atoms with van der Waals surface area (Å²) < 4.78 is 25.2. The predicted molar refractivity (Wildman–Crippen MR) is 141 cm³/mol. The van der Waals surface area contributed by atoms with Crippen molar-refractivity contribution in [1.82, 2.24) is 15.3 Å². The summed E-state index contributed by atoms with van der Waals surface area (Å²) in [5, 5.41) is 7.32. The molecule has 3 N–H and O–H groups in total. The van der Waals surface area contributed by atoms with Crippen LogP contribution in [0.5, 0.6) is 0 Å². The van der Waals surface area contributed by atoms with Crippen molar-refractivity contribution in [3.05, 3.63) is 71.6 Å². The number of rotatable bonds is 8. The Hall–Kier alpha value is -3.67. The molecule has 0 spiro atoms. The van der Waals surface area contributed by atoms with Crippen molar-refractivity contribution in [3.63, 3.8) is 0 Å². The third kappa shape index (κ3) is 6.01. The molecular formula is C24H25Cl2FN6O4. The third-order valence-corrected chi connectivity index (χ3v) is 6.58. The fourth-order valence-corrected chi connectivity index (χ4v) is 3.99. The molecule has 13 heteroatoms. The monoisotopic (exact) mass is 550 g/mol. The number of carbonyl (C=O) groups excluding carboxylic acids is 2. The minimum Gasteiger partial charge on any atom is -0.495 e. The molecule has 0 fully saturated rings. The van der Waals surface area contributed by atoms with E-state index in [-0.39, 0.29) is 33.7 Å². The molecule has 1 aromatic carbocycles. The third-order valence-electron chi connectivity index (χ3n) is 5.54. The molecule has 0 bridgehead atoms. The molecule has 0 saturated heterocycles. The first-order valence-corrected chi connectivity index (χ1v) is 11.6. The number of hydrogen-bond acceptors (Lipinski definition) is 7. The molecular weight excluding hydrogens is 526 g/mol. The van der Waals surface area contributed by atoms with Crippen molar-refractivity contribution in [2.75, 3.05) is 36.8 Å². The van der Waals surface area contributed by atoms with Gasteiger partial charge >= 0.3 is 6.03 Å². The zero-order valence-corrected chi connectivity index (χ0v) is 21.9. The standard InChI is InChI=1S/C24H25Cl2FN6O4/c1-6-18(34)31-20-13(27)8-7-9-14(20)30-16-10-17(29-12-28-16)33(3)23(35)32-21-19(25)15(36-4)11-24(2,37-5)22(21)26/h6-12,22H,1H2,2-5H3,(H,31,34)(H,32,35)(H,28,29,30). The van der Waals surface area contributed by atoms with Gasteiger partial charge in [0, 0.05) is 20.2 Å². The van der Waals surface area contributed by atoms with E-state index in [0.717, 1.165) is 6.08 Å². The molecule has 1 aliphatic rings. The number of methoxy groups -OCH3 is 2. The molecule has 196 valence electrons. The number of alkyl halides is 1. The van der Waals surface area contributed by atoms with Crippen molar-refractivity contribution in [2.24, 2.45) is 0 Å². The van der Waals surface area contributed by atoms with Gasteiger partial charge in [-0.3, -0.25) is 9.69 Å². The number of halogens is 3. The highest BCUT2D eigenvalue weighted by Crippen LogP contribution is 2.38. The Kier molecular flexibility index (Phi) is 8.74. The largest absolute Gasteiger partial charge is 0.495 e. The van der Waals surface area contributed by atoms with Crippen LogP contribution in [0.2, 0.25) is 0 Å². The summed E-state index contributed by atoms with van der Waals surface area (Å²) in [5.41, 5.74) is -0.663. The summed E-state index contributed by atoms with van der Waals surface area (Å²) in [6, 6.07) is 5.05. The fourth-order valence-electron chi connectivity index (χ4n) is 3.33. The van der Waals surface area contributed by atoms with Gasteiger partial charge in [0.2, 0.25) is 5.91 Å². The molecule has 0 saturated carbocycles. The van der Waals surface area contributed by atoms with Gasteiger partial charge in [0.15, 0.2) is 0 Å². The molecule has 10 nitrogen and oxygen atoms in total. The number of urea groups is 1. The first kappa shape index (κ1) is 27.9. The molecule has 0 aliphatic heterocycles. The normalized spacial score (nSPS) is 19.0. The number of ether oxygens (including phenoxy) is 2. The zero-order chi connectivity index (χ0) is 27.3. The van der Waals surface area contributed by atoms with E-state index in [1.807, 2.05) is 0 Å². The maximum absolute atomic E-state index is 14.4. The number of amides is 3. The first-order valence-electron chi connectivity index (χ1n) is 10.8. The van der Waals surface area contributed by atoms with Crippen LogP contribution in [0.4, 0.5) is 32.2 Å². The Balaban J connectivity index is 1.84. The SMILES string of the molecule is C=CC(=O)Nc1c(F)cccc1Nc1cc(N(C)C(=O)NC2=C(Cl)C(OC)=CC(C)(OC)C2Cl)ncn1.